The molecule has 0 radical (unpaired) electrons. The molecule has 5 rings (SSSR count). The van der Waals surface area contributed by atoms with Gasteiger partial charge in [-0.05, 0) is 44.6 Å². The Labute approximate surface area is 181 Å². The predicted molar refractivity (Wildman–Crippen MR) is 116 cm³/mol. The van der Waals surface area contributed by atoms with Gasteiger partial charge in [-0.2, -0.15) is 10.2 Å². The van der Waals surface area contributed by atoms with Crippen molar-refractivity contribution in [3.05, 3.63) is 28.2 Å². The Bertz CT molecular complexity index is 1200. The fraction of sp³-hybridized carbons (Fsp3) is 0.619. The van der Waals surface area contributed by atoms with Gasteiger partial charge in [0.05, 0.1) is 5.25 Å². The van der Waals surface area contributed by atoms with Gasteiger partial charge in [0.2, 0.25) is 16.0 Å². The Balaban J connectivity index is 1.38. The van der Waals surface area contributed by atoms with Crippen molar-refractivity contribution in [2.45, 2.75) is 68.7 Å². The first kappa shape index (κ1) is 20.4. The van der Waals surface area contributed by atoms with Crippen molar-refractivity contribution in [3.8, 4) is 6.07 Å². The molecule has 0 atom stereocenters. The number of piperidine rings is 1. The van der Waals surface area contributed by atoms with Crippen LogP contribution in [0.2, 0.25) is 0 Å². The van der Waals surface area contributed by atoms with Crippen molar-refractivity contribution in [1.29, 1.82) is 5.26 Å². The lowest BCUT2D eigenvalue weighted by molar-refractivity contribution is 0.328. The third-order valence-electron chi connectivity index (χ3n) is 6.68. The molecule has 0 unspecified atom stereocenters. The fourth-order valence-corrected chi connectivity index (χ4v) is 6.66. The van der Waals surface area contributed by atoms with E-state index >= 15 is 0 Å². The molecule has 3 fully saturated rings. The van der Waals surface area contributed by atoms with E-state index in [2.05, 4.69) is 15.3 Å². The number of hydrogen-bond acceptors (Lipinski definition) is 7. The Morgan fingerprint density at radius 3 is 2.45 bits per heavy atom. The summed E-state index contributed by atoms with van der Waals surface area (Å²) < 4.78 is 28.2. The highest BCUT2D eigenvalue weighted by Crippen LogP contribution is 2.33. The lowest BCUT2D eigenvalue weighted by Gasteiger charge is -2.31. The van der Waals surface area contributed by atoms with Crippen LogP contribution in [0, 0.1) is 11.3 Å². The van der Waals surface area contributed by atoms with Gasteiger partial charge < -0.3 is 5.32 Å². The second-order valence-corrected chi connectivity index (χ2v) is 11.0. The van der Waals surface area contributed by atoms with Crippen LogP contribution in [-0.4, -0.2) is 51.6 Å². The molecule has 9 nitrogen and oxygen atoms in total. The molecule has 3 aliphatic rings. The fourth-order valence-electron chi connectivity index (χ4n) is 4.78. The molecule has 1 N–H and O–H groups in total. The summed E-state index contributed by atoms with van der Waals surface area (Å²) in [6.07, 6.45) is 8.54. The largest absolute Gasteiger partial charge is 0.351 e. The Kier molecular flexibility index (Phi) is 5.18. The molecule has 2 aromatic rings. The third-order valence-corrected chi connectivity index (χ3v) is 9.07. The standard InChI is InChI=1S/C21H26N6O3S/c22-12-14-11-15-13-23-21(25-19(15)27(20(14)28)17-3-1-2-4-17)24-16-7-9-26(10-8-16)31(29,30)18-5-6-18/h11,13,16-18H,1-10H2,(H,23,24,25). The first-order valence-corrected chi connectivity index (χ1v) is 12.6. The van der Waals surface area contributed by atoms with Crippen LogP contribution in [0.5, 0.6) is 0 Å². The number of fused-ring (bicyclic) bond motifs is 1. The number of pyridine rings is 1. The van der Waals surface area contributed by atoms with E-state index in [1.807, 2.05) is 6.07 Å². The number of aromatic nitrogens is 3. The first-order valence-electron chi connectivity index (χ1n) is 11.1. The first-order chi connectivity index (χ1) is 15.0. The van der Waals surface area contributed by atoms with Crippen molar-refractivity contribution >= 4 is 27.0 Å². The van der Waals surface area contributed by atoms with Crippen molar-refractivity contribution < 1.29 is 8.42 Å². The van der Waals surface area contributed by atoms with Crippen LogP contribution in [0.4, 0.5) is 5.95 Å². The molecule has 2 aliphatic carbocycles. The molecule has 1 saturated heterocycles. The maximum Gasteiger partial charge on any atom is 0.270 e. The minimum absolute atomic E-state index is 0.0573. The normalized spacial score (nSPS) is 21.4. The lowest BCUT2D eigenvalue weighted by atomic mass is 10.1. The van der Waals surface area contributed by atoms with Gasteiger partial charge in [-0.15, -0.1) is 0 Å². The van der Waals surface area contributed by atoms with Gasteiger partial charge in [0, 0.05) is 36.8 Å². The predicted octanol–water partition coefficient (Wildman–Crippen LogP) is 2.15. The third kappa shape index (κ3) is 3.81. The van der Waals surface area contributed by atoms with Crippen LogP contribution in [0.15, 0.2) is 17.1 Å². The van der Waals surface area contributed by atoms with Crippen LogP contribution in [0.3, 0.4) is 0 Å². The number of anilines is 1. The molecule has 3 heterocycles. The van der Waals surface area contributed by atoms with Crippen molar-refractivity contribution in [2.75, 3.05) is 18.4 Å². The number of hydrogen-bond donors (Lipinski definition) is 1. The summed E-state index contributed by atoms with van der Waals surface area (Å²) in [6.45, 7) is 1.00. The van der Waals surface area contributed by atoms with Gasteiger partial charge in [-0.25, -0.2) is 17.7 Å². The molecule has 164 valence electrons. The highest BCUT2D eigenvalue weighted by Gasteiger charge is 2.41. The average Bonchev–Trinajstić information content (AvgIpc) is 3.51. The molecule has 0 aromatic carbocycles. The number of nitrogens with one attached hydrogen (secondary N) is 1. The van der Waals surface area contributed by atoms with E-state index < -0.39 is 10.0 Å². The maximum atomic E-state index is 12.9. The molecule has 1 aliphatic heterocycles. The molecule has 10 heteroatoms. The van der Waals surface area contributed by atoms with Crippen molar-refractivity contribution in [1.82, 2.24) is 18.8 Å². The minimum atomic E-state index is -3.13. The summed E-state index contributed by atoms with van der Waals surface area (Å²) in [7, 11) is -3.13. The summed E-state index contributed by atoms with van der Waals surface area (Å²) in [4.78, 5) is 21.9. The van der Waals surface area contributed by atoms with E-state index in [-0.39, 0.29) is 28.5 Å². The second-order valence-electron chi connectivity index (χ2n) is 8.82. The maximum absolute atomic E-state index is 12.9. The SMILES string of the molecule is N#Cc1cc2cnc(NC3CCN(S(=O)(=O)C4CC4)CC3)nc2n(C2CCCC2)c1=O. The molecular weight excluding hydrogens is 416 g/mol. The van der Waals surface area contributed by atoms with Crippen LogP contribution in [0.25, 0.3) is 11.0 Å². The Morgan fingerprint density at radius 1 is 1.10 bits per heavy atom. The zero-order chi connectivity index (χ0) is 21.6. The van der Waals surface area contributed by atoms with Gasteiger partial charge in [0.15, 0.2) is 0 Å². The van der Waals surface area contributed by atoms with Gasteiger partial charge in [0.1, 0.15) is 17.3 Å². The van der Waals surface area contributed by atoms with E-state index in [9.17, 15) is 18.5 Å². The van der Waals surface area contributed by atoms with Crippen LogP contribution < -0.4 is 10.9 Å². The number of sulfonamides is 1. The van der Waals surface area contributed by atoms with E-state index in [1.54, 1.807) is 21.1 Å². The molecule has 2 saturated carbocycles. The van der Waals surface area contributed by atoms with Crippen molar-refractivity contribution in [3.63, 3.8) is 0 Å². The minimum Gasteiger partial charge on any atom is -0.351 e. The number of nitrogens with zero attached hydrogens (tertiary/aromatic N) is 5. The van der Waals surface area contributed by atoms with E-state index in [1.165, 1.54) is 0 Å². The average molecular weight is 443 g/mol. The van der Waals surface area contributed by atoms with E-state index in [4.69, 9.17) is 0 Å². The van der Waals surface area contributed by atoms with Gasteiger partial charge in [-0.3, -0.25) is 9.36 Å². The highest BCUT2D eigenvalue weighted by atomic mass is 32.2. The zero-order valence-electron chi connectivity index (χ0n) is 17.3. The van der Waals surface area contributed by atoms with E-state index in [0.29, 0.717) is 42.9 Å². The summed E-state index contributed by atoms with van der Waals surface area (Å²) in [5.74, 6) is 0.437. The lowest BCUT2D eigenvalue weighted by Crippen LogP contribution is -2.43. The molecule has 2 aromatic heterocycles. The summed E-state index contributed by atoms with van der Waals surface area (Å²) >= 11 is 0. The summed E-state index contributed by atoms with van der Waals surface area (Å²) in [5, 5.41) is 13.2. The highest BCUT2D eigenvalue weighted by molar-refractivity contribution is 7.90. The second kappa shape index (κ2) is 7.88. The van der Waals surface area contributed by atoms with E-state index in [0.717, 1.165) is 38.5 Å². The number of rotatable bonds is 5. The summed E-state index contributed by atoms with van der Waals surface area (Å²) in [5.41, 5.74) is 0.389. The van der Waals surface area contributed by atoms with Crippen LogP contribution in [-0.2, 0) is 10.0 Å². The topological polar surface area (TPSA) is 121 Å². The summed E-state index contributed by atoms with van der Waals surface area (Å²) in [6, 6.07) is 3.70. The molecular formula is C21H26N6O3S. The molecule has 0 amide bonds. The quantitative estimate of drug-likeness (QED) is 0.753. The zero-order valence-corrected chi connectivity index (χ0v) is 18.1. The van der Waals surface area contributed by atoms with Crippen LogP contribution in [0.1, 0.15) is 63.0 Å². The smallest absolute Gasteiger partial charge is 0.270 e. The van der Waals surface area contributed by atoms with Gasteiger partial charge >= 0.3 is 0 Å². The molecule has 0 spiro atoms. The Morgan fingerprint density at radius 2 is 1.81 bits per heavy atom. The van der Waals surface area contributed by atoms with Gasteiger partial charge in [-0.1, -0.05) is 12.8 Å². The van der Waals surface area contributed by atoms with Gasteiger partial charge in [0.25, 0.3) is 5.56 Å². The monoisotopic (exact) mass is 442 g/mol. The molecule has 0 bridgehead atoms. The van der Waals surface area contributed by atoms with Crippen molar-refractivity contribution in [2.24, 2.45) is 0 Å². The Hall–Kier alpha value is -2.51. The molecule has 31 heavy (non-hydrogen) atoms. The van der Waals surface area contributed by atoms with Crippen LogP contribution >= 0.6 is 0 Å². The number of nitriles is 1.